The van der Waals surface area contributed by atoms with Crippen LogP contribution in [0.5, 0.6) is 0 Å². The van der Waals surface area contributed by atoms with Gasteiger partial charge in [0, 0.05) is 18.7 Å². The molecule has 1 saturated heterocycles. The van der Waals surface area contributed by atoms with Crippen LogP contribution in [0.1, 0.15) is 11.3 Å². The van der Waals surface area contributed by atoms with Gasteiger partial charge in [-0.25, -0.2) is 4.79 Å². The maximum absolute atomic E-state index is 11.8. The lowest BCUT2D eigenvalue weighted by Crippen LogP contribution is -2.25. The Morgan fingerprint density at radius 3 is 2.50 bits per heavy atom. The molecule has 1 aromatic heterocycles. The molecule has 6 nitrogen and oxygen atoms in total. The Morgan fingerprint density at radius 1 is 1.18 bits per heavy atom. The van der Waals surface area contributed by atoms with Crippen molar-refractivity contribution in [3.8, 4) is 17.4 Å². The first-order chi connectivity index (χ1) is 10.6. The first-order valence-electron chi connectivity index (χ1n) is 6.49. The smallest absolute Gasteiger partial charge is 0.328 e. The zero-order chi connectivity index (χ0) is 15.7. The van der Waals surface area contributed by atoms with Gasteiger partial charge in [-0.05, 0) is 36.4 Å². The van der Waals surface area contributed by atoms with Crippen LogP contribution in [0.4, 0.5) is 4.79 Å². The van der Waals surface area contributed by atoms with Crippen molar-refractivity contribution in [1.29, 1.82) is 5.26 Å². The number of rotatable bonds is 2. The molecule has 0 unspecified atom stereocenters. The summed E-state index contributed by atoms with van der Waals surface area (Å²) in [5, 5.41) is 11.2. The second-order valence-electron chi connectivity index (χ2n) is 4.74. The van der Waals surface area contributed by atoms with Gasteiger partial charge in [0.2, 0.25) is 0 Å². The van der Waals surface area contributed by atoms with Gasteiger partial charge >= 0.3 is 6.03 Å². The van der Waals surface area contributed by atoms with Crippen molar-refractivity contribution >= 4 is 18.0 Å². The van der Waals surface area contributed by atoms with E-state index in [0.717, 1.165) is 10.5 Å². The Balaban J connectivity index is 1.87. The van der Waals surface area contributed by atoms with Gasteiger partial charge in [-0.2, -0.15) is 5.26 Å². The van der Waals surface area contributed by atoms with Gasteiger partial charge in [0.25, 0.3) is 5.91 Å². The van der Waals surface area contributed by atoms with Gasteiger partial charge in [-0.3, -0.25) is 9.69 Å². The molecule has 1 N–H and O–H groups in total. The minimum absolute atomic E-state index is 0.174. The number of urea groups is 1. The maximum atomic E-state index is 11.8. The predicted molar refractivity (Wildman–Crippen MR) is 78.1 cm³/mol. The van der Waals surface area contributed by atoms with E-state index in [-0.39, 0.29) is 5.70 Å². The van der Waals surface area contributed by atoms with Crippen LogP contribution < -0.4 is 5.32 Å². The average Bonchev–Trinajstić information content (AvgIpc) is 3.09. The van der Waals surface area contributed by atoms with Crippen LogP contribution in [-0.2, 0) is 4.79 Å². The number of likely N-dealkylation sites (N-methyl/N-ethyl adjacent to an activating group) is 1. The zero-order valence-corrected chi connectivity index (χ0v) is 11.7. The molecule has 0 bridgehead atoms. The molecule has 3 rings (SSSR count). The summed E-state index contributed by atoms with van der Waals surface area (Å²) in [6, 6.07) is 12.0. The monoisotopic (exact) mass is 293 g/mol. The van der Waals surface area contributed by atoms with Gasteiger partial charge in [0.1, 0.15) is 17.2 Å². The summed E-state index contributed by atoms with van der Waals surface area (Å²) in [6.07, 6.45) is 1.48. The number of hydrogen-bond acceptors (Lipinski definition) is 4. The first-order valence-corrected chi connectivity index (χ1v) is 6.49. The number of carbonyl (C=O) groups is 2. The van der Waals surface area contributed by atoms with E-state index in [9.17, 15) is 9.59 Å². The molecule has 0 saturated carbocycles. The van der Waals surface area contributed by atoms with Crippen LogP contribution in [0, 0.1) is 11.3 Å². The lowest BCUT2D eigenvalue weighted by Gasteiger charge is -1.99. The standard InChI is InChI=1S/C16H11N3O3/c1-19-15(20)13(18-16(19)21)8-12-6-7-14(22-12)11-4-2-10(9-17)3-5-11/h2-8H,1H3,(H,18,21)/b13-8+. The van der Waals surface area contributed by atoms with E-state index >= 15 is 0 Å². The Hall–Kier alpha value is -3.33. The molecule has 108 valence electrons. The minimum Gasteiger partial charge on any atom is -0.457 e. The number of hydrogen-bond donors (Lipinski definition) is 1. The van der Waals surface area contributed by atoms with Gasteiger partial charge in [-0.15, -0.1) is 0 Å². The van der Waals surface area contributed by atoms with E-state index in [1.807, 2.05) is 6.07 Å². The largest absolute Gasteiger partial charge is 0.457 e. The third kappa shape index (κ3) is 2.36. The Kier molecular flexibility index (Phi) is 3.24. The van der Waals surface area contributed by atoms with Crippen molar-refractivity contribution in [1.82, 2.24) is 10.2 Å². The SMILES string of the molecule is CN1C(=O)N/C(=C/c2ccc(-c3ccc(C#N)cc3)o2)C1=O. The molecule has 1 aliphatic rings. The molecule has 0 radical (unpaired) electrons. The highest BCUT2D eigenvalue weighted by atomic mass is 16.3. The highest BCUT2D eigenvalue weighted by molar-refractivity contribution is 6.13. The van der Waals surface area contributed by atoms with Gasteiger partial charge in [0.05, 0.1) is 11.6 Å². The van der Waals surface area contributed by atoms with Gasteiger partial charge in [0.15, 0.2) is 0 Å². The van der Waals surface area contributed by atoms with Crippen LogP contribution in [0.2, 0.25) is 0 Å². The van der Waals surface area contributed by atoms with Crippen molar-refractivity contribution in [3.05, 3.63) is 53.4 Å². The summed E-state index contributed by atoms with van der Waals surface area (Å²) in [4.78, 5) is 24.1. The molecule has 6 heteroatoms. The van der Waals surface area contributed by atoms with Crippen LogP contribution in [-0.4, -0.2) is 23.9 Å². The van der Waals surface area contributed by atoms with Gasteiger partial charge < -0.3 is 9.73 Å². The molecule has 2 aromatic rings. The minimum atomic E-state index is -0.463. The average molecular weight is 293 g/mol. The number of imide groups is 1. The summed E-state index contributed by atoms with van der Waals surface area (Å²) in [5.41, 5.74) is 1.57. The second kappa shape index (κ2) is 5.22. The van der Waals surface area contributed by atoms with Crippen molar-refractivity contribution in [2.24, 2.45) is 0 Å². The van der Waals surface area contributed by atoms with Crippen LogP contribution in [0.3, 0.4) is 0 Å². The lowest BCUT2D eigenvalue weighted by atomic mass is 10.1. The number of benzene rings is 1. The number of nitrogens with one attached hydrogen (secondary N) is 1. The summed E-state index contributed by atoms with van der Waals surface area (Å²) in [6.45, 7) is 0. The highest BCUT2D eigenvalue weighted by Gasteiger charge is 2.30. The molecular formula is C16H11N3O3. The summed E-state index contributed by atoms with van der Waals surface area (Å²) in [5.74, 6) is 0.668. The highest BCUT2D eigenvalue weighted by Crippen LogP contribution is 2.24. The fourth-order valence-corrected chi connectivity index (χ4v) is 2.06. The predicted octanol–water partition coefficient (Wildman–Crippen LogP) is 2.34. The molecule has 2 heterocycles. The number of nitriles is 1. The second-order valence-corrected chi connectivity index (χ2v) is 4.74. The maximum Gasteiger partial charge on any atom is 0.328 e. The number of nitrogens with zero attached hydrogens (tertiary/aromatic N) is 2. The molecule has 0 atom stereocenters. The molecule has 1 aliphatic heterocycles. The van der Waals surface area contributed by atoms with Gasteiger partial charge in [-0.1, -0.05) is 0 Å². The molecule has 0 aliphatic carbocycles. The van der Waals surface area contributed by atoms with E-state index in [4.69, 9.17) is 9.68 Å². The van der Waals surface area contributed by atoms with E-state index in [1.165, 1.54) is 13.1 Å². The third-order valence-corrected chi connectivity index (χ3v) is 3.29. The Bertz CT molecular complexity index is 825. The molecule has 1 fully saturated rings. The fourth-order valence-electron chi connectivity index (χ4n) is 2.06. The normalized spacial score (nSPS) is 16.0. The molecule has 1 aromatic carbocycles. The summed E-state index contributed by atoms with van der Waals surface area (Å²) >= 11 is 0. The van der Waals surface area contributed by atoms with Crippen LogP contribution in [0.25, 0.3) is 17.4 Å². The van der Waals surface area contributed by atoms with Crippen LogP contribution in [0.15, 0.2) is 46.5 Å². The fraction of sp³-hybridized carbons (Fsp3) is 0.0625. The zero-order valence-electron chi connectivity index (χ0n) is 11.7. The van der Waals surface area contributed by atoms with E-state index in [0.29, 0.717) is 17.1 Å². The summed E-state index contributed by atoms with van der Waals surface area (Å²) < 4.78 is 5.64. The lowest BCUT2D eigenvalue weighted by molar-refractivity contribution is -0.121. The van der Waals surface area contributed by atoms with E-state index in [2.05, 4.69) is 5.32 Å². The number of carbonyl (C=O) groups excluding carboxylic acids is 2. The van der Waals surface area contributed by atoms with Crippen molar-refractivity contribution in [2.75, 3.05) is 7.05 Å². The first kappa shape index (κ1) is 13.6. The molecule has 0 spiro atoms. The number of amides is 3. The third-order valence-electron chi connectivity index (χ3n) is 3.29. The van der Waals surface area contributed by atoms with Crippen molar-refractivity contribution in [2.45, 2.75) is 0 Å². The number of furan rings is 1. The Morgan fingerprint density at radius 2 is 1.91 bits per heavy atom. The molecular weight excluding hydrogens is 282 g/mol. The molecule has 3 amide bonds. The van der Waals surface area contributed by atoms with Crippen molar-refractivity contribution < 1.29 is 14.0 Å². The van der Waals surface area contributed by atoms with Crippen LogP contribution >= 0.6 is 0 Å². The van der Waals surface area contributed by atoms with E-state index in [1.54, 1.807) is 36.4 Å². The summed E-state index contributed by atoms with van der Waals surface area (Å²) in [7, 11) is 1.41. The van der Waals surface area contributed by atoms with Crippen molar-refractivity contribution in [3.63, 3.8) is 0 Å². The topological polar surface area (TPSA) is 86.3 Å². The quantitative estimate of drug-likeness (QED) is 0.680. The Labute approximate surface area is 126 Å². The molecule has 22 heavy (non-hydrogen) atoms. The van der Waals surface area contributed by atoms with E-state index < -0.39 is 11.9 Å².